The second-order valence-corrected chi connectivity index (χ2v) is 7.00. The van der Waals surface area contributed by atoms with Crippen molar-refractivity contribution in [2.45, 2.75) is 26.4 Å². The van der Waals surface area contributed by atoms with E-state index in [4.69, 9.17) is 13.9 Å². The molecule has 2 aromatic carbocycles. The third-order valence-corrected chi connectivity index (χ3v) is 5.07. The monoisotopic (exact) mass is 420 g/mol. The SMILES string of the molecule is CCc1nnc(-c2cn(CC(=O)NCc3cc(OC)ccc3OC)c3ccccc23)o1. The van der Waals surface area contributed by atoms with Crippen LogP contribution in [0.2, 0.25) is 0 Å². The molecule has 1 N–H and O–H groups in total. The van der Waals surface area contributed by atoms with Crippen LogP contribution in [0.4, 0.5) is 0 Å². The summed E-state index contributed by atoms with van der Waals surface area (Å²) in [4.78, 5) is 12.7. The first-order valence-electron chi connectivity index (χ1n) is 10.0. The standard InChI is InChI=1S/C23H24N4O4/c1-4-22-25-26-23(31-22)18-13-27(19-8-6-5-7-17(18)19)14-21(28)24-12-15-11-16(29-2)9-10-20(15)30-3/h5-11,13H,4,12,14H2,1-3H3,(H,24,28). The summed E-state index contributed by atoms with van der Waals surface area (Å²) in [5, 5.41) is 12.1. The van der Waals surface area contributed by atoms with E-state index in [0.717, 1.165) is 22.0 Å². The van der Waals surface area contributed by atoms with Crippen LogP contribution in [-0.2, 0) is 24.3 Å². The Kier molecular flexibility index (Phi) is 5.88. The molecule has 8 heteroatoms. The van der Waals surface area contributed by atoms with Crippen molar-refractivity contribution in [3.63, 3.8) is 0 Å². The molecular weight excluding hydrogens is 396 g/mol. The fraction of sp³-hybridized carbons (Fsp3) is 0.261. The Morgan fingerprint density at radius 1 is 1.13 bits per heavy atom. The van der Waals surface area contributed by atoms with Gasteiger partial charge in [-0.05, 0) is 24.3 Å². The molecule has 0 aliphatic carbocycles. The number of nitrogens with zero attached hydrogens (tertiary/aromatic N) is 3. The van der Waals surface area contributed by atoms with Crippen LogP contribution < -0.4 is 14.8 Å². The summed E-state index contributed by atoms with van der Waals surface area (Å²) in [6.45, 7) is 2.44. The molecule has 0 saturated heterocycles. The highest BCUT2D eigenvalue weighted by atomic mass is 16.5. The second-order valence-electron chi connectivity index (χ2n) is 7.00. The summed E-state index contributed by atoms with van der Waals surface area (Å²) in [5.41, 5.74) is 2.57. The van der Waals surface area contributed by atoms with Gasteiger partial charge in [-0.2, -0.15) is 0 Å². The number of carbonyl (C=O) groups excluding carboxylic acids is 1. The Hall–Kier alpha value is -3.81. The molecule has 4 rings (SSSR count). The van der Waals surface area contributed by atoms with Gasteiger partial charge in [-0.15, -0.1) is 10.2 Å². The van der Waals surface area contributed by atoms with Crippen LogP contribution in [0.3, 0.4) is 0 Å². The van der Waals surface area contributed by atoms with Crippen molar-refractivity contribution in [3.8, 4) is 23.0 Å². The summed E-state index contributed by atoms with van der Waals surface area (Å²) in [5.74, 6) is 2.30. The molecular formula is C23H24N4O4. The van der Waals surface area contributed by atoms with Gasteiger partial charge in [0.2, 0.25) is 17.7 Å². The second kappa shape index (κ2) is 8.91. The zero-order chi connectivity index (χ0) is 21.8. The number of benzene rings is 2. The van der Waals surface area contributed by atoms with Crippen LogP contribution in [0.5, 0.6) is 11.5 Å². The number of amides is 1. The molecule has 0 radical (unpaired) electrons. The highest BCUT2D eigenvalue weighted by Crippen LogP contribution is 2.30. The zero-order valence-corrected chi connectivity index (χ0v) is 17.7. The molecule has 160 valence electrons. The Bertz CT molecular complexity index is 1210. The maximum Gasteiger partial charge on any atom is 0.249 e. The number of aromatic nitrogens is 3. The molecule has 0 bridgehead atoms. The maximum absolute atomic E-state index is 12.7. The first-order valence-corrected chi connectivity index (χ1v) is 10.0. The van der Waals surface area contributed by atoms with Crippen molar-refractivity contribution in [1.29, 1.82) is 0 Å². The van der Waals surface area contributed by atoms with E-state index in [9.17, 15) is 4.79 Å². The van der Waals surface area contributed by atoms with Crippen LogP contribution >= 0.6 is 0 Å². The number of rotatable bonds is 8. The van der Waals surface area contributed by atoms with Crippen molar-refractivity contribution in [2.24, 2.45) is 0 Å². The Labute approximate surface area is 179 Å². The third-order valence-electron chi connectivity index (χ3n) is 5.07. The van der Waals surface area contributed by atoms with Gasteiger partial charge in [0.1, 0.15) is 18.0 Å². The number of ether oxygens (including phenoxy) is 2. The molecule has 2 aromatic heterocycles. The molecule has 8 nitrogen and oxygen atoms in total. The largest absolute Gasteiger partial charge is 0.497 e. The molecule has 0 saturated carbocycles. The topological polar surface area (TPSA) is 91.4 Å². The number of para-hydroxylation sites is 1. The Balaban J connectivity index is 1.54. The number of carbonyl (C=O) groups is 1. The molecule has 2 heterocycles. The molecule has 4 aromatic rings. The molecule has 0 fully saturated rings. The Morgan fingerprint density at radius 3 is 2.71 bits per heavy atom. The van der Waals surface area contributed by atoms with Gasteiger partial charge in [0.15, 0.2) is 0 Å². The molecule has 0 aliphatic heterocycles. The summed E-state index contributed by atoms with van der Waals surface area (Å²) in [6, 6.07) is 13.3. The highest BCUT2D eigenvalue weighted by Gasteiger charge is 2.17. The average Bonchev–Trinajstić information content (AvgIpc) is 3.42. The Morgan fingerprint density at radius 2 is 1.97 bits per heavy atom. The number of aryl methyl sites for hydroxylation is 1. The lowest BCUT2D eigenvalue weighted by atomic mass is 10.2. The summed E-state index contributed by atoms with van der Waals surface area (Å²) < 4.78 is 18.3. The van der Waals surface area contributed by atoms with Crippen molar-refractivity contribution in [3.05, 3.63) is 60.1 Å². The molecule has 0 aliphatic rings. The molecule has 0 atom stereocenters. The number of hydrogen-bond donors (Lipinski definition) is 1. The van der Waals surface area contributed by atoms with E-state index >= 15 is 0 Å². The lowest BCUT2D eigenvalue weighted by Crippen LogP contribution is -2.27. The minimum Gasteiger partial charge on any atom is -0.497 e. The lowest BCUT2D eigenvalue weighted by molar-refractivity contribution is -0.121. The van der Waals surface area contributed by atoms with Gasteiger partial charge in [0.25, 0.3) is 0 Å². The number of fused-ring (bicyclic) bond motifs is 1. The molecule has 0 unspecified atom stereocenters. The van der Waals surface area contributed by atoms with Gasteiger partial charge in [0, 0.05) is 35.6 Å². The summed E-state index contributed by atoms with van der Waals surface area (Å²) in [7, 11) is 3.20. The fourth-order valence-electron chi connectivity index (χ4n) is 3.48. The van der Waals surface area contributed by atoms with Crippen molar-refractivity contribution in [2.75, 3.05) is 14.2 Å². The average molecular weight is 420 g/mol. The van der Waals surface area contributed by atoms with Gasteiger partial charge in [-0.3, -0.25) is 4.79 Å². The first-order chi connectivity index (χ1) is 15.1. The number of nitrogens with one attached hydrogen (secondary N) is 1. The van der Waals surface area contributed by atoms with Crippen molar-refractivity contribution >= 4 is 16.8 Å². The van der Waals surface area contributed by atoms with E-state index in [0.29, 0.717) is 36.2 Å². The maximum atomic E-state index is 12.7. The number of methoxy groups -OCH3 is 2. The smallest absolute Gasteiger partial charge is 0.249 e. The number of hydrogen-bond acceptors (Lipinski definition) is 6. The van der Waals surface area contributed by atoms with Gasteiger partial charge in [-0.1, -0.05) is 25.1 Å². The third kappa shape index (κ3) is 4.23. The fourth-order valence-corrected chi connectivity index (χ4v) is 3.48. The van der Waals surface area contributed by atoms with Crippen LogP contribution in [0.25, 0.3) is 22.4 Å². The lowest BCUT2D eigenvalue weighted by Gasteiger charge is -2.12. The van der Waals surface area contributed by atoms with Gasteiger partial charge in [-0.25, -0.2) is 0 Å². The van der Waals surface area contributed by atoms with E-state index in [1.165, 1.54) is 0 Å². The highest BCUT2D eigenvalue weighted by molar-refractivity contribution is 5.94. The van der Waals surface area contributed by atoms with Crippen LogP contribution in [0.15, 0.2) is 53.1 Å². The molecule has 31 heavy (non-hydrogen) atoms. The van der Waals surface area contributed by atoms with Crippen LogP contribution in [0, 0.1) is 0 Å². The normalized spacial score (nSPS) is 10.9. The van der Waals surface area contributed by atoms with Crippen molar-refractivity contribution in [1.82, 2.24) is 20.1 Å². The van der Waals surface area contributed by atoms with Crippen LogP contribution in [0.1, 0.15) is 18.4 Å². The van der Waals surface area contributed by atoms with E-state index < -0.39 is 0 Å². The molecule has 0 spiro atoms. The van der Waals surface area contributed by atoms with Crippen molar-refractivity contribution < 1.29 is 18.7 Å². The zero-order valence-electron chi connectivity index (χ0n) is 17.7. The first kappa shape index (κ1) is 20.5. The van der Waals surface area contributed by atoms with E-state index in [-0.39, 0.29) is 12.5 Å². The van der Waals surface area contributed by atoms with Gasteiger partial charge in [0.05, 0.1) is 19.8 Å². The minimum absolute atomic E-state index is 0.128. The van der Waals surface area contributed by atoms with Gasteiger partial charge < -0.3 is 23.8 Å². The van der Waals surface area contributed by atoms with Gasteiger partial charge >= 0.3 is 0 Å². The van der Waals surface area contributed by atoms with E-state index in [2.05, 4.69) is 15.5 Å². The summed E-state index contributed by atoms with van der Waals surface area (Å²) >= 11 is 0. The summed E-state index contributed by atoms with van der Waals surface area (Å²) in [6.07, 6.45) is 2.55. The predicted octanol–water partition coefficient (Wildman–Crippen LogP) is 3.59. The minimum atomic E-state index is -0.128. The predicted molar refractivity (Wildman–Crippen MR) is 116 cm³/mol. The van der Waals surface area contributed by atoms with E-state index in [1.807, 2.05) is 60.2 Å². The van der Waals surface area contributed by atoms with Crippen LogP contribution in [-0.4, -0.2) is 34.9 Å². The quantitative estimate of drug-likeness (QED) is 0.468. The molecule has 1 amide bonds. The van der Waals surface area contributed by atoms with E-state index in [1.54, 1.807) is 14.2 Å².